The zero-order chi connectivity index (χ0) is 24.7. The maximum Gasteiger partial charge on any atom is 0.261 e. The quantitative estimate of drug-likeness (QED) is 0.330. The molecule has 1 aliphatic rings. The lowest BCUT2D eigenvalue weighted by molar-refractivity contribution is -0.601. The number of rotatable bonds is 4. The van der Waals surface area contributed by atoms with Crippen LogP contribution >= 0.6 is 11.6 Å². The number of fused-ring (bicyclic) bond motifs is 1. The van der Waals surface area contributed by atoms with Gasteiger partial charge in [0.1, 0.15) is 5.03 Å². The van der Waals surface area contributed by atoms with Crippen molar-refractivity contribution in [3.8, 4) is 11.5 Å². The fourth-order valence-electron chi connectivity index (χ4n) is 4.01. The van der Waals surface area contributed by atoms with E-state index in [-0.39, 0.29) is 48.5 Å². The first-order valence-corrected chi connectivity index (χ1v) is 12.6. The van der Waals surface area contributed by atoms with Crippen LogP contribution in [0.2, 0.25) is 5.02 Å². The molecule has 1 aromatic carbocycles. The van der Waals surface area contributed by atoms with E-state index in [1.54, 1.807) is 54.3 Å². The molecule has 0 saturated carbocycles. The number of benzene rings is 1. The van der Waals surface area contributed by atoms with Crippen LogP contribution in [0, 0.1) is 12.1 Å². The molecular weight excluding hydrogens is 492 g/mol. The molecule has 5 rings (SSSR count). The summed E-state index contributed by atoms with van der Waals surface area (Å²) < 4.78 is 28.3. The number of nitrogens with zero attached hydrogens (tertiary/aromatic N) is 5. The molecule has 4 heterocycles. The number of piperazine rings is 1. The minimum Gasteiger partial charge on any atom is -0.618 e. The Labute approximate surface area is 206 Å². The Balaban J connectivity index is 1.27. The zero-order valence-corrected chi connectivity index (χ0v) is 20.3. The normalized spacial score (nSPS) is 15.0. The molecular formula is C23H21ClN6O4S. The lowest BCUT2D eigenvalue weighted by Crippen LogP contribution is -2.50. The number of nitrogens with one attached hydrogen (secondary N) is 1. The standard InChI is InChI=1S/C23H21ClN6O4S/c1-15-3-2-4-20(30(15)32)22-25-13-17(14-26-22)23(31)28-7-9-29(10-8-28)35(33,34)21-12-16-11-18(24)5-6-19(16)27-21/h2-6,11-14,27H,7-10H2,1H3. The van der Waals surface area contributed by atoms with E-state index in [1.165, 1.54) is 16.7 Å². The second-order valence-corrected chi connectivity index (χ2v) is 10.5. The van der Waals surface area contributed by atoms with Crippen LogP contribution in [0.5, 0.6) is 0 Å². The van der Waals surface area contributed by atoms with Crippen molar-refractivity contribution in [1.82, 2.24) is 24.2 Å². The molecule has 1 N–H and O–H groups in total. The Bertz CT molecular complexity index is 1530. The van der Waals surface area contributed by atoms with Gasteiger partial charge in [-0.1, -0.05) is 11.6 Å². The molecule has 1 fully saturated rings. The minimum absolute atomic E-state index is 0.0882. The van der Waals surface area contributed by atoms with Gasteiger partial charge in [-0.15, -0.1) is 0 Å². The first-order valence-electron chi connectivity index (χ1n) is 10.8. The van der Waals surface area contributed by atoms with Gasteiger partial charge in [0.25, 0.3) is 21.6 Å². The smallest absolute Gasteiger partial charge is 0.261 e. The van der Waals surface area contributed by atoms with Gasteiger partial charge in [0.15, 0.2) is 5.69 Å². The summed E-state index contributed by atoms with van der Waals surface area (Å²) in [6.45, 7) is 2.45. The van der Waals surface area contributed by atoms with E-state index in [2.05, 4.69) is 15.0 Å². The summed E-state index contributed by atoms with van der Waals surface area (Å²) in [6.07, 6.45) is 2.76. The van der Waals surface area contributed by atoms with Crippen LogP contribution in [0.3, 0.4) is 0 Å². The van der Waals surface area contributed by atoms with Crippen molar-refractivity contribution in [3.05, 3.63) is 76.3 Å². The van der Waals surface area contributed by atoms with Crippen LogP contribution in [0.25, 0.3) is 22.4 Å². The van der Waals surface area contributed by atoms with E-state index in [1.807, 2.05) is 0 Å². The zero-order valence-electron chi connectivity index (χ0n) is 18.7. The molecule has 35 heavy (non-hydrogen) atoms. The number of hydrogen-bond acceptors (Lipinski definition) is 6. The SMILES string of the molecule is Cc1cccc(-c2ncc(C(=O)N3CCN(S(=O)(=O)c4cc5cc(Cl)ccc5[nH]4)CC3)cn2)[n+]1[O-]. The second kappa shape index (κ2) is 8.91. The van der Waals surface area contributed by atoms with Crippen LogP contribution in [-0.4, -0.2) is 64.7 Å². The third kappa shape index (κ3) is 4.33. The van der Waals surface area contributed by atoms with Crippen LogP contribution < -0.4 is 4.73 Å². The summed E-state index contributed by atoms with van der Waals surface area (Å²) >= 11 is 6.00. The predicted molar refractivity (Wildman–Crippen MR) is 129 cm³/mol. The number of halogens is 1. The molecule has 10 nitrogen and oxygen atoms in total. The van der Waals surface area contributed by atoms with Crippen LogP contribution in [0.1, 0.15) is 16.1 Å². The molecule has 0 unspecified atom stereocenters. The average Bonchev–Trinajstić information content (AvgIpc) is 3.30. The number of H-pyrrole nitrogens is 1. The van der Waals surface area contributed by atoms with Gasteiger partial charge in [-0.05, 0) is 30.3 Å². The number of carbonyl (C=O) groups excluding carboxylic acids is 1. The van der Waals surface area contributed by atoms with Crippen molar-refractivity contribution >= 4 is 38.4 Å². The van der Waals surface area contributed by atoms with Gasteiger partial charge < -0.3 is 15.1 Å². The summed E-state index contributed by atoms with van der Waals surface area (Å²) in [7, 11) is -3.75. The summed E-state index contributed by atoms with van der Waals surface area (Å²) in [5, 5.41) is 13.5. The number of hydrogen-bond donors (Lipinski definition) is 1. The number of carbonyl (C=O) groups is 1. The summed E-state index contributed by atoms with van der Waals surface area (Å²) in [4.78, 5) is 25.8. The molecule has 3 aromatic heterocycles. The van der Waals surface area contributed by atoms with Crippen LogP contribution in [0.4, 0.5) is 0 Å². The molecule has 180 valence electrons. The fourth-order valence-corrected chi connectivity index (χ4v) is 5.63. The Morgan fingerprint density at radius 1 is 1.09 bits per heavy atom. The highest BCUT2D eigenvalue weighted by Gasteiger charge is 2.32. The number of aryl methyl sites for hydroxylation is 1. The number of amides is 1. The van der Waals surface area contributed by atoms with Crippen molar-refractivity contribution in [2.24, 2.45) is 0 Å². The topological polar surface area (TPSA) is 126 Å². The predicted octanol–water partition coefficient (Wildman–Crippen LogP) is 2.37. The number of pyridine rings is 1. The van der Waals surface area contributed by atoms with Crippen LogP contribution in [-0.2, 0) is 10.0 Å². The number of aromatic nitrogens is 4. The summed E-state index contributed by atoms with van der Waals surface area (Å²) in [5.41, 5.74) is 1.75. The summed E-state index contributed by atoms with van der Waals surface area (Å²) in [5.74, 6) is -0.0797. The molecule has 0 spiro atoms. The molecule has 0 atom stereocenters. The van der Waals surface area contributed by atoms with Gasteiger partial charge in [-0.25, -0.2) is 18.4 Å². The van der Waals surface area contributed by atoms with Gasteiger partial charge in [-0.3, -0.25) is 4.79 Å². The van der Waals surface area contributed by atoms with Gasteiger partial charge in [0.05, 0.1) is 5.56 Å². The van der Waals surface area contributed by atoms with E-state index in [4.69, 9.17) is 11.6 Å². The van der Waals surface area contributed by atoms with Crippen molar-refractivity contribution in [3.63, 3.8) is 0 Å². The lowest BCUT2D eigenvalue weighted by Gasteiger charge is -2.33. The van der Waals surface area contributed by atoms with E-state index in [0.717, 1.165) is 4.73 Å². The molecule has 1 aliphatic heterocycles. The average molecular weight is 513 g/mol. The molecule has 4 aromatic rings. The molecule has 1 saturated heterocycles. The maximum absolute atomic E-state index is 13.1. The van der Waals surface area contributed by atoms with Crippen molar-refractivity contribution in [1.29, 1.82) is 0 Å². The first kappa shape index (κ1) is 23.2. The third-order valence-electron chi connectivity index (χ3n) is 5.96. The van der Waals surface area contributed by atoms with Crippen molar-refractivity contribution in [2.45, 2.75) is 11.9 Å². The lowest BCUT2D eigenvalue weighted by atomic mass is 10.2. The summed E-state index contributed by atoms with van der Waals surface area (Å²) in [6, 6.07) is 11.7. The maximum atomic E-state index is 13.1. The highest BCUT2D eigenvalue weighted by atomic mass is 35.5. The monoisotopic (exact) mass is 512 g/mol. The van der Waals surface area contributed by atoms with Gasteiger partial charge >= 0.3 is 0 Å². The molecule has 0 bridgehead atoms. The number of sulfonamides is 1. The van der Waals surface area contributed by atoms with E-state index in [9.17, 15) is 18.4 Å². The molecule has 12 heteroatoms. The first-order chi connectivity index (χ1) is 16.7. The Kier molecular flexibility index (Phi) is 5.91. The van der Waals surface area contributed by atoms with Crippen molar-refractivity contribution in [2.75, 3.05) is 26.2 Å². The Hall–Kier alpha value is -3.54. The van der Waals surface area contributed by atoms with Gasteiger partial charge in [0, 0.05) is 73.6 Å². The van der Waals surface area contributed by atoms with E-state index < -0.39 is 10.0 Å². The Morgan fingerprint density at radius 3 is 2.51 bits per heavy atom. The third-order valence-corrected chi connectivity index (χ3v) is 8.02. The highest BCUT2D eigenvalue weighted by molar-refractivity contribution is 7.89. The minimum atomic E-state index is -3.75. The fraction of sp³-hybridized carbons (Fsp3) is 0.217. The van der Waals surface area contributed by atoms with E-state index >= 15 is 0 Å². The number of aromatic amines is 1. The van der Waals surface area contributed by atoms with E-state index in [0.29, 0.717) is 27.3 Å². The molecule has 0 radical (unpaired) electrons. The molecule has 0 aliphatic carbocycles. The largest absolute Gasteiger partial charge is 0.618 e. The van der Waals surface area contributed by atoms with Crippen molar-refractivity contribution < 1.29 is 17.9 Å². The van der Waals surface area contributed by atoms with Gasteiger partial charge in [-0.2, -0.15) is 9.04 Å². The molecule has 1 amide bonds. The van der Waals surface area contributed by atoms with Crippen LogP contribution in [0.15, 0.2) is 59.9 Å². The Morgan fingerprint density at radius 2 is 1.80 bits per heavy atom. The highest BCUT2D eigenvalue weighted by Crippen LogP contribution is 2.25. The second-order valence-electron chi connectivity index (χ2n) is 8.20. The van der Waals surface area contributed by atoms with Gasteiger partial charge in [0.2, 0.25) is 5.82 Å².